The van der Waals surface area contributed by atoms with E-state index in [0.29, 0.717) is 12.2 Å². The van der Waals surface area contributed by atoms with E-state index in [1.165, 1.54) is 6.08 Å². The molecule has 3 aromatic rings. The smallest absolute Gasteiger partial charge is 0.408 e. The third-order valence-corrected chi connectivity index (χ3v) is 4.73. The predicted molar refractivity (Wildman–Crippen MR) is 126 cm³/mol. The van der Waals surface area contributed by atoms with Crippen LogP contribution in [-0.4, -0.2) is 40.4 Å². The number of hydroxylamine groups is 1. The zero-order valence-corrected chi connectivity index (χ0v) is 18.9. The van der Waals surface area contributed by atoms with Crippen molar-refractivity contribution in [2.45, 2.75) is 38.8 Å². The number of aromatic nitrogens is 1. The molecule has 0 radical (unpaired) electrons. The van der Waals surface area contributed by atoms with E-state index in [9.17, 15) is 9.59 Å². The van der Waals surface area contributed by atoms with Gasteiger partial charge in [-0.05, 0) is 62.6 Å². The number of ether oxygens (including phenoxy) is 2. The first kappa shape index (κ1) is 23.9. The number of nitrogens with one attached hydrogen (secondary N) is 3. The Bertz CT molecular complexity index is 1110. The number of alkyl carbamates (subject to hydrolysis) is 1. The second-order valence-corrected chi connectivity index (χ2v) is 8.60. The number of fused-ring (bicyclic) bond motifs is 1. The number of carbonyl (C=O) groups is 2. The minimum Gasteiger partial charge on any atom is -0.491 e. The highest BCUT2D eigenvalue weighted by atomic mass is 16.6. The van der Waals surface area contributed by atoms with Gasteiger partial charge < -0.3 is 19.8 Å². The molecule has 4 N–H and O–H groups in total. The van der Waals surface area contributed by atoms with Gasteiger partial charge in [-0.3, -0.25) is 10.0 Å². The van der Waals surface area contributed by atoms with Crippen molar-refractivity contribution < 1.29 is 24.3 Å². The molecular formula is C25H29N3O5. The van der Waals surface area contributed by atoms with E-state index >= 15 is 0 Å². The van der Waals surface area contributed by atoms with E-state index < -0.39 is 17.6 Å². The average Bonchev–Trinajstić information content (AvgIpc) is 3.18. The maximum atomic E-state index is 12.4. The van der Waals surface area contributed by atoms with Gasteiger partial charge in [0.2, 0.25) is 0 Å². The van der Waals surface area contributed by atoms with Crippen molar-refractivity contribution in [2.24, 2.45) is 0 Å². The molecule has 33 heavy (non-hydrogen) atoms. The number of hydrogen-bond acceptors (Lipinski definition) is 5. The molecule has 8 heteroatoms. The Balaban J connectivity index is 1.69. The van der Waals surface area contributed by atoms with Gasteiger partial charge in [0.25, 0.3) is 5.91 Å². The molecule has 0 bridgehead atoms. The van der Waals surface area contributed by atoms with Gasteiger partial charge in [-0.25, -0.2) is 10.3 Å². The minimum absolute atomic E-state index is 0.237. The fraction of sp³-hybridized carbons (Fsp3) is 0.280. The summed E-state index contributed by atoms with van der Waals surface area (Å²) in [6.45, 7) is 5.69. The molecule has 0 saturated carbocycles. The van der Waals surface area contributed by atoms with Crippen LogP contribution in [0.2, 0.25) is 0 Å². The van der Waals surface area contributed by atoms with Gasteiger partial charge >= 0.3 is 6.09 Å². The largest absolute Gasteiger partial charge is 0.491 e. The van der Waals surface area contributed by atoms with Crippen molar-refractivity contribution in [1.29, 1.82) is 0 Å². The third-order valence-electron chi connectivity index (χ3n) is 4.73. The van der Waals surface area contributed by atoms with Crippen LogP contribution >= 0.6 is 0 Å². The van der Waals surface area contributed by atoms with Crippen LogP contribution in [0.1, 0.15) is 31.9 Å². The summed E-state index contributed by atoms with van der Waals surface area (Å²) in [7, 11) is 0. The molecule has 3 rings (SSSR count). The summed E-state index contributed by atoms with van der Waals surface area (Å²) in [4.78, 5) is 26.8. The van der Waals surface area contributed by atoms with E-state index in [4.69, 9.17) is 14.7 Å². The van der Waals surface area contributed by atoms with Crippen LogP contribution in [0.5, 0.6) is 5.75 Å². The summed E-state index contributed by atoms with van der Waals surface area (Å²) >= 11 is 0. The second kappa shape index (κ2) is 10.7. The Morgan fingerprint density at radius 3 is 2.55 bits per heavy atom. The van der Waals surface area contributed by atoms with Crippen LogP contribution in [0, 0.1) is 0 Å². The zero-order chi connectivity index (χ0) is 23.8. The highest BCUT2D eigenvalue weighted by molar-refractivity contribution is 5.90. The number of carbonyl (C=O) groups excluding carboxylic acids is 2. The van der Waals surface area contributed by atoms with E-state index in [2.05, 4.69) is 10.3 Å². The molecule has 0 aliphatic heterocycles. The van der Waals surface area contributed by atoms with Crippen molar-refractivity contribution in [2.75, 3.05) is 6.61 Å². The number of H-pyrrole nitrogens is 1. The van der Waals surface area contributed by atoms with Crippen molar-refractivity contribution >= 4 is 29.0 Å². The lowest BCUT2D eigenvalue weighted by Gasteiger charge is -2.24. The SMILES string of the molecule is CC(C)(C)OC(=O)N[C@H](COc1ccc(/C=C/C(=O)NO)cc1)Cc1c[nH]c2ccccc12. The maximum Gasteiger partial charge on any atom is 0.408 e. The molecular weight excluding hydrogens is 422 g/mol. The Hall–Kier alpha value is -3.78. The number of hydrogen-bond donors (Lipinski definition) is 4. The summed E-state index contributed by atoms with van der Waals surface area (Å²) in [6.07, 6.45) is 4.79. The average molecular weight is 452 g/mol. The molecule has 2 aromatic carbocycles. The summed E-state index contributed by atoms with van der Waals surface area (Å²) in [5, 5.41) is 12.6. The van der Waals surface area contributed by atoms with Crippen LogP contribution in [0.3, 0.4) is 0 Å². The number of para-hydroxylation sites is 1. The molecule has 0 aliphatic carbocycles. The topological polar surface area (TPSA) is 113 Å². The van der Waals surface area contributed by atoms with Crippen LogP contribution in [0.15, 0.2) is 60.8 Å². The molecule has 2 amide bonds. The van der Waals surface area contributed by atoms with E-state index in [1.54, 1.807) is 35.8 Å². The highest BCUT2D eigenvalue weighted by Crippen LogP contribution is 2.20. The lowest BCUT2D eigenvalue weighted by molar-refractivity contribution is -0.124. The first-order valence-corrected chi connectivity index (χ1v) is 10.6. The summed E-state index contributed by atoms with van der Waals surface area (Å²) < 4.78 is 11.4. The first-order chi connectivity index (χ1) is 15.7. The molecule has 1 atom stereocenters. The Morgan fingerprint density at radius 2 is 1.85 bits per heavy atom. The lowest BCUT2D eigenvalue weighted by atomic mass is 10.1. The number of amides is 2. The molecule has 1 aromatic heterocycles. The van der Waals surface area contributed by atoms with Gasteiger partial charge in [-0.15, -0.1) is 0 Å². The Labute approximate surface area is 192 Å². The van der Waals surface area contributed by atoms with Crippen molar-refractivity contribution in [3.8, 4) is 5.75 Å². The normalized spacial score (nSPS) is 12.5. The maximum absolute atomic E-state index is 12.4. The summed E-state index contributed by atoms with van der Waals surface area (Å²) in [6, 6.07) is 14.8. The minimum atomic E-state index is -0.608. The van der Waals surface area contributed by atoms with Gasteiger partial charge in [0.1, 0.15) is 18.0 Å². The second-order valence-electron chi connectivity index (χ2n) is 8.60. The quantitative estimate of drug-likeness (QED) is 0.233. The highest BCUT2D eigenvalue weighted by Gasteiger charge is 2.21. The van der Waals surface area contributed by atoms with Crippen molar-refractivity contribution in [3.63, 3.8) is 0 Å². The van der Waals surface area contributed by atoms with Gasteiger partial charge in [-0.2, -0.15) is 0 Å². The van der Waals surface area contributed by atoms with E-state index in [0.717, 1.165) is 22.0 Å². The monoisotopic (exact) mass is 451 g/mol. The number of aromatic amines is 1. The molecule has 0 spiro atoms. The fourth-order valence-electron chi connectivity index (χ4n) is 3.27. The van der Waals surface area contributed by atoms with Crippen LogP contribution < -0.4 is 15.5 Å². The van der Waals surface area contributed by atoms with Crippen LogP contribution in [0.4, 0.5) is 4.79 Å². The Kier molecular flexibility index (Phi) is 7.74. The molecule has 1 heterocycles. The van der Waals surface area contributed by atoms with E-state index in [-0.39, 0.29) is 12.6 Å². The predicted octanol–water partition coefficient (Wildman–Crippen LogP) is 4.20. The number of benzene rings is 2. The zero-order valence-electron chi connectivity index (χ0n) is 18.9. The molecule has 174 valence electrons. The van der Waals surface area contributed by atoms with Crippen molar-refractivity contribution in [1.82, 2.24) is 15.8 Å². The summed E-state index contributed by atoms with van der Waals surface area (Å²) in [5.41, 5.74) is 3.81. The fourth-order valence-corrected chi connectivity index (χ4v) is 3.27. The van der Waals surface area contributed by atoms with Gasteiger partial charge in [0.15, 0.2) is 0 Å². The number of rotatable bonds is 8. The first-order valence-electron chi connectivity index (χ1n) is 10.6. The molecule has 0 fully saturated rings. The Morgan fingerprint density at radius 1 is 1.12 bits per heavy atom. The van der Waals surface area contributed by atoms with Crippen LogP contribution in [-0.2, 0) is 16.0 Å². The van der Waals surface area contributed by atoms with E-state index in [1.807, 2.05) is 51.2 Å². The van der Waals surface area contributed by atoms with Gasteiger partial charge in [-0.1, -0.05) is 30.3 Å². The molecule has 0 unspecified atom stereocenters. The van der Waals surface area contributed by atoms with Crippen LogP contribution in [0.25, 0.3) is 17.0 Å². The molecule has 8 nitrogen and oxygen atoms in total. The van der Waals surface area contributed by atoms with Gasteiger partial charge in [0, 0.05) is 23.2 Å². The molecule has 0 saturated heterocycles. The third kappa shape index (κ3) is 7.40. The standard InChI is InChI=1S/C25H29N3O5/c1-25(2,3)33-24(30)27-19(14-18-15-26-22-7-5-4-6-21(18)22)16-32-20-11-8-17(9-12-20)10-13-23(29)28-31/h4-13,15,19,26,31H,14,16H2,1-3H3,(H,27,30)(H,28,29)/b13-10+/t19-/m0/s1. The van der Waals surface area contributed by atoms with Gasteiger partial charge in [0.05, 0.1) is 6.04 Å². The molecule has 0 aliphatic rings. The van der Waals surface area contributed by atoms with Crippen molar-refractivity contribution in [3.05, 3.63) is 71.9 Å². The summed E-state index contributed by atoms with van der Waals surface area (Å²) in [5.74, 6) is 0.0114. The lowest BCUT2D eigenvalue weighted by Crippen LogP contribution is -2.43.